The van der Waals surface area contributed by atoms with Gasteiger partial charge in [-0.15, -0.1) is 0 Å². The van der Waals surface area contributed by atoms with Gasteiger partial charge in [-0.25, -0.2) is 0 Å². The van der Waals surface area contributed by atoms with Crippen LogP contribution >= 0.6 is 0 Å². The maximum Gasteiger partial charge on any atom is 0.0121 e. The molecule has 3 fully saturated rings. The van der Waals surface area contributed by atoms with Gasteiger partial charge in [0, 0.05) is 12.1 Å². The number of rotatable bonds is 2. The summed E-state index contributed by atoms with van der Waals surface area (Å²) in [5, 5.41) is 3.94. The maximum atomic E-state index is 3.94. The second-order valence-corrected chi connectivity index (χ2v) is 6.44. The van der Waals surface area contributed by atoms with Crippen LogP contribution in [0.3, 0.4) is 0 Å². The fourth-order valence-electron chi connectivity index (χ4n) is 3.55. The van der Waals surface area contributed by atoms with Crippen molar-refractivity contribution in [2.75, 3.05) is 0 Å². The van der Waals surface area contributed by atoms with Crippen LogP contribution in [0, 0.1) is 17.3 Å². The Labute approximate surface area is 87.7 Å². The number of hydrogen-bond acceptors (Lipinski definition) is 1. The van der Waals surface area contributed by atoms with Crippen molar-refractivity contribution in [1.82, 2.24) is 5.32 Å². The average Bonchev–Trinajstić information content (AvgIpc) is 2.91. The molecule has 0 radical (unpaired) electrons. The quantitative estimate of drug-likeness (QED) is 0.711. The monoisotopic (exact) mass is 193 g/mol. The summed E-state index contributed by atoms with van der Waals surface area (Å²) in [6.45, 7) is 4.84. The summed E-state index contributed by atoms with van der Waals surface area (Å²) in [7, 11) is 0. The highest BCUT2D eigenvalue weighted by Gasteiger charge is 2.48. The molecule has 0 aromatic heterocycles. The zero-order valence-corrected chi connectivity index (χ0v) is 9.55. The number of hydrogen-bond donors (Lipinski definition) is 1. The molecule has 3 aliphatic rings. The van der Waals surface area contributed by atoms with Crippen molar-refractivity contribution in [2.45, 2.75) is 64.5 Å². The smallest absolute Gasteiger partial charge is 0.0121 e. The van der Waals surface area contributed by atoms with Crippen molar-refractivity contribution in [3.05, 3.63) is 0 Å². The lowest BCUT2D eigenvalue weighted by Crippen LogP contribution is -2.54. The van der Waals surface area contributed by atoms with Gasteiger partial charge < -0.3 is 5.32 Å². The van der Waals surface area contributed by atoms with Crippen LogP contribution in [0.25, 0.3) is 0 Å². The van der Waals surface area contributed by atoms with Gasteiger partial charge in [-0.3, -0.25) is 0 Å². The van der Waals surface area contributed by atoms with Gasteiger partial charge in [0.15, 0.2) is 0 Å². The number of fused-ring (bicyclic) bond motifs is 1. The Bertz CT molecular complexity index is 233. The van der Waals surface area contributed by atoms with Gasteiger partial charge in [-0.1, -0.05) is 26.7 Å². The zero-order chi connectivity index (χ0) is 9.76. The Balaban J connectivity index is 1.57. The van der Waals surface area contributed by atoms with Crippen LogP contribution in [0.15, 0.2) is 0 Å². The lowest BCUT2D eigenvalue weighted by molar-refractivity contribution is 0.0890. The molecule has 3 saturated carbocycles. The fraction of sp³-hybridized carbons (Fsp3) is 1.00. The lowest BCUT2D eigenvalue weighted by atomic mass is 9.67. The predicted octanol–water partition coefficient (Wildman–Crippen LogP) is 2.95. The van der Waals surface area contributed by atoms with Crippen LogP contribution < -0.4 is 5.32 Å². The van der Waals surface area contributed by atoms with E-state index in [-0.39, 0.29) is 0 Å². The van der Waals surface area contributed by atoms with Gasteiger partial charge in [0.1, 0.15) is 0 Å². The highest BCUT2D eigenvalue weighted by Crippen LogP contribution is 2.51. The average molecular weight is 193 g/mol. The molecular weight excluding hydrogens is 170 g/mol. The van der Waals surface area contributed by atoms with Crippen molar-refractivity contribution in [3.8, 4) is 0 Å². The summed E-state index contributed by atoms with van der Waals surface area (Å²) in [5.74, 6) is 2.18. The first-order chi connectivity index (χ1) is 6.67. The minimum absolute atomic E-state index is 0.585. The van der Waals surface area contributed by atoms with Crippen LogP contribution in [-0.4, -0.2) is 12.1 Å². The molecule has 0 bridgehead atoms. The van der Waals surface area contributed by atoms with Crippen LogP contribution in [0.2, 0.25) is 0 Å². The molecular formula is C13H23N. The molecule has 0 amide bonds. The molecule has 1 N–H and O–H groups in total. The molecule has 3 rings (SSSR count). The van der Waals surface area contributed by atoms with E-state index in [0.717, 1.165) is 23.9 Å². The molecule has 1 nitrogen and oxygen atoms in total. The standard InChI is InChI=1S/C13H23N/c1-13(2)7-6-12(13)14-11-5-3-4-9-8-10(9)11/h9-12,14H,3-8H2,1-2H3. The molecule has 0 aromatic rings. The SMILES string of the molecule is CC1(C)CCC1NC1CCCC2CC21. The first-order valence-corrected chi connectivity index (χ1v) is 6.43. The van der Waals surface area contributed by atoms with E-state index in [1.54, 1.807) is 0 Å². The van der Waals surface area contributed by atoms with Gasteiger partial charge in [-0.05, 0) is 42.9 Å². The minimum atomic E-state index is 0.585. The van der Waals surface area contributed by atoms with Crippen molar-refractivity contribution in [3.63, 3.8) is 0 Å². The predicted molar refractivity (Wildman–Crippen MR) is 59.2 cm³/mol. The molecule has 80 valence electrons. The van der Waals surface area contributed by atoms with E-state index in [1.807, 2.05) is 0 Å². The topological polar surface area (TPSA) is 12.0 Å². The second-order valence-electron chi connectivity index (χ2n) is 6.44. The molecule has 0 aromatic carbocycles. The Morgan fingerprint density at radius 2 is 2.00 bits per heavy atom. The summed E-state index contributed by atoms with van der Waals surface area (Å²) in [6, 6.07) is 1.71. The Kier molecular flexibility index (Phi) is 1.96. The first kappa shape index (κ1) is 9.21. The van der Waals surface area contributed by atoms with E-state index in [4.69, 9.17) is 0 Å². The Morgan fingerprint density at radius 1 is 1.14 bits per heavy atom. The highest BCUT2D eigenvalue weighted by molar-refractivity contribution is 5.03. The maximum absolute atomic E-state index is 3.94. The van der Waals surface area contributed by atoms with Crippen LogP contribution in [0.4, 0.5) is 0 Å². The Morgan fingerprint density at radius 3 is 2.64 bits per heavy atom. The lowest BCUT2D eigenvalue weighted by Gasteiger charge is -2.47. The Hall–Kier alpha value is -0.0400. The molecule has 14 heavy (non-hydrogen) atoms. The van der Waals surface area contributed by atoms with E-state index in [2.05, 4.69) is 19.2 Å². The molecule has 0 spiro atoms. The number of nitrogens with one attached hydrogen (secondary N) is 1. The van der Waals surface area contributed by atoms with Gasteiger partial charge in [-0.2, -0.15) is 0 Å². The summed E-state index contributed by atoms with van der Waals surface area (Å²) >= 11 is 0. The van der Waals surface area contributed by atoms with E-state index < -0.39 is 0 Å². The highest BCUT2D eigenvalue weighted by atomic mass is 15.0. The molecule has 3 aliphatic carbocycles. The van der Waals surface area contributed by atoms with Crippen LogP contribution in [0.1, 0.15) is 52.4 Å². The van der Waals surface area contributed by atoms with E-state index >= 15 is 0 Å². The van der Waals surface area contributed by atoms with E-state index in [9.17, 15) is 0 Å². The molecule has 0 aliphatic heterocycles. The van der Waals surface area contributed by atoms with Crippen LogP contribution in [0.5, 0.6) is 0 Å². The third kappa shape index (κ3) is 1.41. The first-order valence-electron chi connectivity index (χ1n) is 6.43. The van der Waals surface area contributed by atoms with Crippen molar-refractivity contribution < 1.29 is 0 Å². The largest absolute Gasteiger partial charge is 0.310 e. The van der Waals surface area contributed by atoms with Crippen LogP contribution in [-0.2, 0) is 0 Å². The van der Waals surface area contributed by atoms with E-state index in [1.165, 1.54) is 38.5 Å². The zero-order valence-electron chi connectivity index (χ0n) is 9.55. The molecule has 4 unspecified atom stereocenters. The van der Waals surface area contributed by atoms with Gasteiger partial charge in [0.05, 0.1) is 0 Å². The van der Waals surface area contributed by atoms with Crippen molar-refractivity contribution in [1.29, 1.82) is 0 Å². The third-order valence-corrected chi connectivity index (χ3v) is 5.02. The summed E-state index contributed by atoms with van der Waals surface area (Å²) in [6.07, 6.45) is 8.83. The summed E-state index contributed by atoms with van der Waals surface area (Å²) < 4.78 is 0. The minimum Gasteiger partial charge on any atom is -0.310 e. The van der Waals surface area contributed by atoms with E-state index in [0.29, 0.717) is 5.41 Å². The summed E-state index contributed by atoms with van der Waals surface area (Å²) in [5.41, 5.74) is 0.585. The third-order valence-electron chi connectivity index (χ3n) is 5.02. The van der Waals surface area contributed by atoms with Gasteiger partial charge in [0.25, 0.3) is 0 Å². The summed E-state index contributed by atoms with van der Waals surface area (Å²) in [4.78, 5) is 0. The molecule has 1 heteroatoms. The van der Waals surface area contributed by atoms with Crippen molar-refractivity contribution in [2.24, 2.45) is 17.3 Å². The molecule has 0 heterocycles. The van der Waals surface area contributed by atoms with Crippen molar-refractivity contribution >= 4 is 0 Å². The van der Waals surface area contributed by atoms with Gasteiger partial charge in [0.2, 0.25) is 0 Å². The normalized spacial score (nSPS) is 49.3. The molecule has 0 saturated heterocycles. The fourth-order valence-corrected chi connectivity index (χ4v) is 3.55. The van der Waals surface area contributed by atoms with Gasteiger partial charge >= 0.3 is 0 Å². The second kappa shape index (κ2) is 2.98. The molecule has 4 atom stereocenters.